The zero-order valence-electron chi connectivity index (χ0n) is 12.3. The minimum atomic E-state index is -0.386. The second-order valence-corrected chi connectivity index (χ2v) is 6.13. The summed E-state index contributed by atoms with van der Waals surface area (Å²) in [7, 11) is 0. The number of carbonyl (C=O) groups is 1. The Morgan fingerprint density at radius 3 is 2.67 bits per heavy atom. The van der Waals surface area contributed by atoms with E-state index in [-0.39, 0.29) is 11.6 Å². The number of nitrogens with zero attached hydrogens (tertiary/aromatic N) is 1. The molecule has 0 aromatic heterocycles. The molecule has 0 radical (unpaired) electrons. The number of ether oxygens (including phenoxy) is 1. The highest BCUT2D eigenvalue weighted by Crippen LogP contribution is 2.12. The Balaban J connectivity index is 2.34. The smallest absolute Gasteiger partial charge is 0.320 e. The van der Waals surface area contributed by atoms with Gasteiger partial charge in [0.05, 0.1) is 6.54 Å². The van der Waals surface area contributed by atoms with Crippen molar-refractivity contribution in [2.24, 2.45) is 5.92 Å². The SMILES string of the molecule is CCN(CC(=O)OC(C)(C)C)CC1CCCNC1. The number of hydrogen-bond donors (Lipinski definition) is 1. The summed E-state index contributed by atoms with van der Waals surface area (Å²) in [5.41, 5.74) is -0.386. The average molecular weight is 256 g/mol. The van der Waals surface area contributed by atoms with Crippen LogP contribution in [0.3, 0.4) is 0 Å². The minimum Gasteiger partial charge on any atom is -0.459 e. The van der Waals surface area contributed by atoms with Gasteiger partial charge in [0.1, 0.15) is 5.60 Å². The van der Waals surface area contributed by atoms with Crippen LogP contribution in [0, 0.1) is 5.92 Å². The van der Waals surface area contributed by atoms with E-state index in [1.807, 2.05) is 20.8 Å². The Hall–Kier alpha value is -0.610. The Kier molecular flexibility index (Phi) is 6.09. The van der Waals surface area contributed by atoms with Gasteiger partial charge in [0, 0.05) is 6.54 Å². The lowest BCUT2D eigenvalue weighted by molar-refractivity contribution is -0.156. The number of nitrogens with one attached hydrogen (secondary N) is 1. The predicted octanol–water partition coefficient (Wildman–Crippen LogP) is 1.65. The van der Waals surface area contributed by atoms with E-state index in [2.05, 4.69) is 17.1 Å². The van der Waals surface area contributed by atoms with Gasteiger partial charge in [0.2, 0.25) is 0 Å². The van der Waals surface area contributed by atoms with Crippen LogP contribution in [0.5, 0.6) is 0 Å². The van der Waals surface area contributed by atoms with Crippen molar-refractivity contribution in [3.8, 4) is 0 Å². The highest BCUT2D eigenvalue weighted by Gasteiger charge is 2.21. The molecule has 0 aromatic rings. The van der Waals surface area contributed by atoms with E-state index in [0.29, 0.717) is 12.5 Å². The average Bonchev–Trinajstić information content (AvgIpc) is 2.27. The largest absolute Gasteiger partial charge is 0.459 e. The summed E-state index contributed by atoms with van der Waals surface area (Å²) in [6.45, 7) is 12.3. The number of likely N-dealkylation sites (N-methyl/N-ethyl adjacent to an activating group) is 1. The fourth-order valence-corrected chi connectivity index (χ4v) is 2.31. The molecule has 0 saturated carbocycles. The summed E-state index contributed by atoms with van der Waals surface area (Å²) in [5, 5.41) is 3.41. The Labute approximate surface area is 111 Å². The highest BCUT2D eigenvalue weighted by atomic mass is 16.6. The third kappa shape index (κ3) is 6.36. The second-order valence-electron chi connectivity index (χ2n) is 6.13. The lowest BCUT2D eigenvalue weighted by Gasteiger charge is -2.29. The first-order chi connectivity index (χ1) is 8.40. The zero-order chi connectivity index (χ0) is 13.6. The molecule has 1 aliphatic rings. The van der Waals surface area contributed by atoms with Gasteiger partial charge in [-0.15, -0.1) is 0 Å². The summed E-state index contributed by atoms with van der Waals surface area (Å²) in [4.78, 5) is 14.0. The summed E-state index contributed by atoms with van der Waals surface area (Å²) in [6.07, 6.45) is 2.51. The molecule has 18 heavy (non-hydrogen) atoms. The van der Waals surface area contributed by atoms with Crippen LogP contribution in [0.2, 0.25) is 0 Å². The maximum absolute atomic E-state index is 11.8. The standard InChI is InChI=1S/C14H28N2O2/c1-5-16(10-12-7-6-8-15-9-12)11-13(17)18-14(2,3)4/h12,15H,5-11H2,1-4H3. The van der Waals surface area contributed by atoms with Crippen LogP contribution in [-0.2, 0) is 9.53 Å². The maximum Gasteiger partial charge on any atom is 0.320 e. The number of piperidine rings is 1. The van der Waals surface area contributed by atoms with Crippen LogP contribution in [-0.4, -0.2) is 49.2 Å². The van der Waals surface area contributed by atoms with Crippen molar-refractivity contribution in [1.29, 1.82) is 0 Å². The van der Waals surface area contributed by atoms with Gasteiger partial charge in [-0.1, -0.05) is 6.92 Å². The number of rotatable bonds is 5. The molecule has 0 aliphatic carbocycles. The molecular weight excluding hydrogens is 228 g/mol. The second kappa shape index (κ2) is 7.10. The van der Waals surface area contributed by atoms with E-state index in [4.69, 9.17) is 4.74 Å². The summed E-state index contributed by atoms with van der Waals surface area (Å²) >= 11 is 0. The summed E-state index contributed by atoms with van der Waals surface area (Å²) in [5.74, 6) is 0.550. The van der Waals surface area contributed by atoms with Crippen LogP contribution in [0.25, 0.3) is 0 Å². The maximum atomic E-state index is 11.8. The molecule has 4 heteroatoms. The number of carbonyl (C=O) groups excluding carboxylic acids is 1. The third-order valence-corrected chi connectivity index (χ3v) is 3.14. The third-order valence-electron chi connectivity index (χ3n) is 3.14. The molecule has 1 atom stereocenters. The van der Waals surface area contributed by atoms with Crippen molar-refractivity contribution in [1.82, 2.24) is 10.2 Å². The van der Waals surface area contributed by atoms with Gasteiger partial charge in [0.15, 0.2) is 0 Å². The molecule has 1 N–H and O–H groups in total. The molecule has 1 heterocycles. The number of hydrogen-bond acceptors (Lipinski definition) is 4. The summed E-state index contributed by atoms with van der Waals surface area (Å²) < 4.78 is 5.36. The fraction of sp³-hybridized carbons (Fsp3) is 0.929. The lowest BCUT2D eigenvalue weighted by Crippen LogP contribution is -2.41. The predicted molar refractivity (Wildman–Crippen MR) is 73.6 cm³/mol. The normalized spacial score (nSPS) is 21.1. The molecule has 106 valence electrons. The zero-order valence-corrected chi connectivity index (χ0v) is 12.3. The quantitative estimate of drug-likeness (QED) is 0.760. The molecule has 1 fully saturated rings. The van der Waals surface area contributed by atoms with Crippen LogP contribution >= 0.6 is 0 Å². The minimum absolute atomic E-state index is 0.117. The molecular formula is C14H28N2O2. The topological polar surface area (TPSA) is 41.6 Å². The van der Waals surface area contributed by atoms with E-state index < -0.39 is 0 Å². The van der Waals surface area contributed by atoms with Crippen LogP contribution in [0.15, 0.2) is 0 Å². The summed E-state index contributed by atoms with van der Waals surface area (Å²) in [6, 6.07) is 0. The molecule has 1 unspecified atom stereocenters. The van der Waals surface area contributed by atoms with Gasteiger partial charge in [-0.25, -0.2) is 0 Å². The van der Waals surface area contributed by atoms with E-state index in [1.54, 1.807) is 0 Å². The molecule has 1 aliphatic heterocycles. The van der Waals surface area contributed by atoms with E-state index in [1.165, 1.54) is 12.8 Å². The van der Waals surface area contributed by atoms with Crippen molar-refractivity contribution in [2.45, 2.75) is 46.1 Å². The first kappa shape index (κ1) is 15.4. The Bertz CT molecular complexity index is 255. The van der Waals surface area contributed by atoms with Crippen molar-refractivity contribution in [3.05, 3.63) is 0 Å². The Morgan fingerprint density at radius 1 is 1.44 bits per heavy atom. The van der Waals surface area contributed by atoms with Crippen molar-refractivity contribution in [2.75, 3.05) is 32.7 Å². The molecule has 4 nitrogen and oxygen atoms in total. The molecule has 0 bridgehead atoms. The van der Waals surface area contributed by atoms with Gasteiger partial charge in [-0.2, -0.15) is 0 Å². The van der Waals surface area contributed by atoms with Gasteiger partial charge >= 0.3 is 5.97 Å². The van der Waals surface area contributed by atoms with Crippen LogP contribution in [0.1, 0.15) is 40.5 Å². The molecule has 1 rings (SSSR count). The highest BCUT2D eigenvalue weighted by molar-refractivity contribution is 5.72. The van der Waals surface area contributed by atoms with Crippen molar-refractivity contribution < 1.29 is 9.53 Å². The molecule has 0 aromatic carbocycles. The van der Waals surface area contributed by atoms with E-state index >= 15 is 0 Å². The van der Waals surface area contributed by atoms with Gasteiger partial charge in [-0.3, -0.25) is 9.69 Å². The first-order valence-corrected chi connectivity index (χ1v) is 7.05. The van der Waals surface area contributed by atoms with Gasteiger partial charge < -0.3 is 10.1 Å². The van der Waals surface area contributed by atoms with E-state index in [0.717, 1.165) is 26.2 Å². The van der Waals surface area contributed by atoms with Gasteiger partial charge in [0.25, 0.3) is 0 Å². The first-order valence-electron chi connectivity index (χ1n) is 7.05. The lowest BCUT2D eigenvalue weighted by atomic mass is 9.99. The van der Waals surface area contributed by atoms with E-state index in [9.17, 15) is 4.79 Å². The van der Waals surface area contributed by atoms with Crippen LogP contribution in [0.4, 0.5) is 0 Å². The van der Waals surface area contributed by atoms with Crippen molar-refractivity contribution in [3.63, 3.8) is 0 Å². The molecule has 0 amide bonds. The van der Waals surface area contributed by atoms with Crippen LogP contribution < -0.4 is 5.32 Å². The molecule has 1 saturated heterocycles. The van der Waals surface area contributed by atoms with Gasteiger partial charge in [-0.05, 0) is 59.2 Å². The van der Waals surface area contributed by atoms with Crippen molar-refractivity contribution >= 4 is 5.97 Å². The fourth-order valence-electron chi connectivity index (χ4n) is 2.31. The monoisotopic (exact) mass is 256 g/mol. The molecule has 0 spiro atoms. The Morgan fingerprint density at radius 2 is 2.17 bits per heavy atom. The number of esters is 1.